The van der Waals surface area contributed by atoms with Crippen LogP contribution in [0, 0.1) is 0 Å². The van der Waals surface area contributed by atoms with E-state index < -0.39 is 0 Å². The van der Waals surface area contributed by atoms with Crippen molar-refractivity contribution < 1.29 is 9.53 Å². The first kappa shape index (κ1) is 21.9. The summed E-state index contributed by atoms with van der Waals surface area (Å²) < 4.78 is 8.42. The van der Waals surface area contributed by atoms with Crippen molar-refractivity contribution in [2.45, 2.75) is 51.1 Å². The molecule has 4 heterocycles. The van der Waals surface area contributed by atoms with Crippen molar-refractivity contribution in [2.24, 2.45) is 0 Å². The Hall–Kier alpha value is -2.93. The summed E-state index contributed by atoms with van der Waals surface area (Å²) >= 11 is 0. The fraction of sp³-hybridized carbons (Fsp3) is 0.500. The highest BCUT2D eigenvalue weighted by Gasteiger charge is 2.25. The number of ether oxygens (including phenoxy) is 1. The lowest BCUT2D eigenvalue weighted by Gasteiger charge is -2.33. The van der Waals surface area contributed by atoms with Gasteiger partial charge in [-0.3, -0.25) is 4.79 Å². The molecule has 7 heteroatoms. The molecule has 33 heavy (non-hydrogen) atoms. The van der Waals surface area contributed by atoms with Gasteiger partial charge in [0.05, 0.1) is 12.2 Å². The third-order valence-electron chi connectivity index (χ3n) is 7.19. The average Bonchev–Trinajstić information content (AvgIpc) is 3.47. The van der Waals surface area contributed by atoms with Crippen LogP contribution in [0.15, 0.2) is 49.2 Å². The smallest absolute Gasteiger partial charge is 0.256 e. The lowest BCUT2D eigenvalue weighted by atomic mass is 10.0. The van der Waals surface area contributed by atoms with Gasteiger partial charge < -0.3 is 19.1 Å². The predicted molar refractivity (Wildman–Crippen MR) is 129 cm³/mol. The monoisotopic (exact) mass is 447 g/mol. The van der Waals surface area contributed by atoms with Crippen LogP contribution in [0.3, 0.4) is 0 Å². The van der Waals surface area contributed by atoms with E-state index >= 15 is 0 Å². The van der Waals surface area contributed by atoms with Gasteiger partial charge in [-0.25, -0.2) is 9.97 Å². The van der Waals surface area contributed by atoms with Crippen molar-refractivity contribution in [3.8, 4) is 5.75 Å². The Morgan fingerprint density at radius 1 is 1.09 bits per heavy atom. The summed E-state index contributed by atoms with van der Waals surface area (Å²) in [7, 11) is 0. The Balaban J connectivity index is 1.15. The van der Waals surface area contributed by atoms with Gasteiger partial charge in [0.15, 0.2) is 0 Å². The highest BCUT2D eigenvalue weighted by Crippen LogP contribution is 2.30. The standard InChI is InChI=1S/C26H33N5O2/c1-20-4-2-10-29(20)11-3-15-33-24-5-6-25-21(16-24)7-14-31(25)23-8-12-30(13-9-23)26(32)22-17-27-19-28-18-22/h5-7,14,16-20,23H,2-4,8-13,15H2,1H3/t20-/m1/s1. The van der Waals surface area contributed by atoms with Crippen molar-refractivity contribution >= 4 is 16.8 Å². The van der Waals surface area contributed by atoms with Crippen LogP contribution >= 0.6 is 0 Å². The van der Waals surface area contributed by atoms with E-state index in [0.29, 0.717) is 11.6 Å². The number of carbonyl (C=O) groups excluding carboxylic acids is 1. The summed E-state index contributed by atoms with van der Waals surface area (Å²) in [4.78, 5) is 25.1. The molecule has 0 N–H and O–H groups in total. The molecular weight excluding hydrogens is 414 g/mol. The number of aromatic nitrogens is 3. The molecule has 0 bridgehead atoms. The summed E-state index contributed by atoms with van der Waals surface area (Å²) in [6.45, 7) is 6.93. The first-order valence-corrected chi connectivity index (χ1v) is 12.2. The van der Waals surface area contributed by atoms with Crippen molar-refractivity contribution in [2.75, 3.05) is 32.8 Å². The van der Waals surface area contributed by atoms with Crippen LogP contribution in [0.25, 0.3) is 10.9 Å². The van der Waals surface area contributed by atoms with Gasteiger partial charge in [-0.1, -0.05) is 0 Å². The largest absolute Gasteiger partial charge is 0.494 e. The Morgan fingerprint density at radius 3 is 2.67 bits per heavy atom. The minimum absolute atomic E-state index is 0.0207. The number of likely N-dealkylation sites (tertiary alicyclic amines) is 2. The molecule has 2 aliphatic rings. The number of benzene rings is 1. The van der Waals surface area contributed by atoms with E-state index in [1.165, 1.54) is 36.6 Å². The number of nitrogens with zero attached hydrogens (tertiary/aromatic N) is 5. The summed E-state index contributed by atoms with van der Waals surface area (Å²) in [5.74, 6) is 0.965. The van der Waals surface area contributed by atoms with E-state index in [4.69, 9.17) is 4.74 Å². The third kappa shape index (κ3) is 4.88. The third-order valence-corrected chi connectivity index (χ3v) is 7.19. The van der Waals surface area contributed by atoms with E-state index in [0.717, 1.165) is 57.3 Å². The van der Waals surface area contributed by atoms with Crippen molar-refractivity contribution in [3.63, 3.8) is 0 Å². The van der Waals surface area contributed by atoms with E-state index in [1.54, 1.807) is 12.4 Å². The number of amides is 1. The number of piperidine rings is 1. The van der Waals surface area contributed by atoms with Gasteiger partial charge in [-0.15, -0.1) is 0 Å². The molecule has 3 aromatic rings. The van der Waals surface area contributed by atoms with Gasteiger partial charge in [-0.2, -0.15) is 0 Å². The molecule has 1 aromatic carbocycles. The molecule has 0 aliphatic carbocycles. The molecule has 0 spiro atoms. The van der Waals surface area contributed by atoms with Crippen molar-refractivity contribution in [1.82, 2.24) is 24.3 Å². The van der Waals surface area contributed by atoms with Crippen LogP contribution in [0.5, 0.6) is 5.75 Å². The molecule has 0 saturated carbocycles. The summed E-state index contributed by atoms with van der Waals surface area (Å²) in [6, 6.07) is 9.70. The second-order valence-corrected chi connectivity index (χ2v) is 9.32. The molecule has 2 fully saturated rings. The van der Waals surface area contributed by atoms with E-state index in [2.05, 4.69) is 56.8 Å². The quantitative estimate of drug-likeness (QED) is 0.509. The minimum Gasteiger partial charge on any atom is -0.494 e. The van der Waals surface area contributed by atoms with Crippen LogP contribution in [-0.2, 0) is 0 Å². The Morgan fingerprint density at radius 2 is 1.91 bits per heavy atom. The first-order valence-electron chi connectivity index (χ1n) is 12.2. The fourth-order valence-corrected chi connectivity index (χ4v) is 5.27. The van der Waals surface area contributed by atoms with Gasteiger partial charge >= 0.3 is 0 Å². The molecule has 1 amide bonds. The molecule has 2 aromatic heterocycles. The number of carbonyl (C=O) groups is 1. The normalized spacial score (nSPS) is 19.9. The van der Waals surface area contributed by atoms with Crippen molar-refractivity contribution in [3.05, 3.63) is 54.7 Å². The van der Waals surface area contributed by atoms with Gasteiger partial charge in [-0.05, 0) is 69.8 Å². The molecule has 2 saturated heterocycles. The zero-order valence-electron chi connectivity index (χ0n) is 19.4. The minimum atomic E-state index is 0.0207. The number of rotatable bonds is 7. The second-order valence-electron chi connectivity index (χ2n) is 9.32. The zero-order valence-corrected chi connectivity index (χ0v) is 19.4. The summed E-state index contributed by atoms with van der Waals surface area (Å²) in [5, 5.41) is 1.21. The lowest BCUT2D eigenvalue weighted by Crippen LogP contribution is -2.39. The van der Waals surface area contributed by atoms with E-state index in [9.17, 15) is 4.79 Å². The maximum Gasteiger partial charge on any atom is 0.256 e. The molecule has 2 aliphatic heterocycles. The van der Waals surface area contributed by atoms with Crippen LogP contribution in [0.2, 0.25) is 0 Å². The molecule has 0 radical (unpaired) electrons. The molecule has 174 valence electrons. The molecule has 7 nitrogen and oxygen atoms in total. The van der Waals surface area contributed by atoms with E-state index in [-0.39, 0.29) is 5.91 Å². The Bertz CT molecular complexity index is 1070. The van der Waals surface area contributed by atoms with Crippen LogP contribution < -0.4 is 4.74 Å². The summed E-state index contributed by atoms with van der Waals surface area (Å²) in [6.07, 6.45) is 12.4. The fourth-order valence-electron chi connectivity index (χ4n) is 5.27. The highest BCUT2D eigenvalue weighted by molar-refractivity contribution is 5.93. The van der Waals surface area contributed by atoms with Gasteiger partial charge in [0.25, 0.3) is 5.91 Å². The van der Waals surface area contributed by atoms with Crippen LogP contribution in [0.4, 0.5) is 0 Å². The maximum absolute atomic E-state index is 12.7. The highest BCUT2D eigenvalue weighted by atomic mass is 16.5. The maximum atomic E-state index is 12.7. The van der Waals surface area contributed by atoms with Crippen molar-refractivity contribution in [1.29, 1.82) is 0 Å². The predicted octanol–water partition coefficient (Wildman–Crippen LogP) is 4.16. The Kier molecular flexibility index (Phi) is 6.58. The number of fused-ring (bicyclic) bond motifs is 1. The topological polar surface area (TPSA) is 63.5 Å². The number of hydrogen-bond acceptors (Lipinski definition) is 5. The van der Waals surface area contributed by atoms with Gasteiger partial charge in [0.2, 0.25) is 0 Å². The average molecular weight is 448 g/mol. The summed E-state index contributed by atoms with van der Waals surface area (Å²) in [5.41, 5.74) is 1.79. The molecular formula is C26H33N5O2. The molecule has 0 unspecified atom stereocenters. The Labute approximate surface area is 195 Å². The molecule has 1 atom stereocenters. The van der Waals surface area contributed by atoms with Crippen LogP contribution in [-0.4, -0.2) is 69.1 Å². The van der Waals surface area contributed by atoms with E-state index in [1.807, 2.05) is 4.90 Å². The van der Waals surface area contributed by atoms with Gasteiger partial charge in [0, 0.05) is 61.2 Å². The lowest BCUT2D eigenvalue weighted by molar-refractivity contribution is 0.0695. The zero-order chi connectivity index (χ0) is 22.6. The SMILES string of the molecule is C[C@@H]1CCCN1CCCOc1ccc2c(ccn2C2CCN(C(=O)c3cncnc3)CC2)c1. The molecule has 5 rings (SSSR count). The van der Waals surface area contributed by atoms with Crippen LogP contribution in [0.1, 0.15) is 55.4 Å². The second kappa shape index (κ2) is 9.91. The first-order chi connectivity index (χ1) is 16.2. The van der Waals surface area contributed by atoms with Gasteiger partial charge in [0.1, 0.15) is 12.1 Å². The number of hydrogen-bond donors (Lipinski definition) is 0.